The van der Waals surface area contributed by atoms with E-state index in [-0.39, 0.29) is 0 Å². The van der Waals surface area contributed by atoms with Crippen molar-refractivity contribution < 1.29 is 9.90 Å². The van der Waals surface area contributed by atoms with E-state index in [1.165, 1.54) is 12.8 Å². The number of carbonyl (C=O) groups is 1. The number of para-hydroxylation sites is 1. The molecule has 1 aliphatic rings. The van der Waals surface area contributed by atoms with Crippen molar-refractivity contribution in [3.05, 3.63) is 71.4 Å². The van der Waals surface area contributed by atoms with E-state index < -0.39 is 5.97 Å². The number of hydrogen-bond donors (Lipinski definition) is 2. The molecule has 4 rings (SSSR count). The highest BCUT2D eigenvalue weighted by Crippen LogP contribution is 2.31. The number of fused-ring (bicyclic) bond motifs is 1. The highest BCUT2D eigenvalue weighted by Gasteiger charge is 2.28. The lowest BCUT2D eigenvalue weighted by Gasteiger charge is -2.34. The van der Waals surface area contributed by atoms with Gasteiger partial charge in [0.15, 0.2) is 0 Å². The van der Waals surface area contributed by atoms with Crippen LogP contribution in [-0.2, 0) is 13.1 Å². The maximum atomic E-state index is 12.3. The first-order chi connectivity index (χ1) is 14.1. The summed E-state index contributed by atoms with van der Waals surface area (Å²) in [5.74, 6) is 0.452. The van der Waals surface area contributed by atoms with Gasteiger partial charge in [-0.1, -0.05) is 75.2 Å². The summed E-state index contributed by atoms with van der Waals surface area (Å²) >= 11 is 0. The molecule has 4 heteroatoms. The van der Waals surface area contributed by atoms with Crippen molar-refractivity contribution in [3.63, 3.8) is 0 Å². The Balaban J connectivity index is 1.71. The van der Waals surface area contributed by atoms with Crippen molar-refractivity contribution in [1.82, 2.24) is 9.88 Å². The molecule has 0 radical (unpaired) electrons. The molecule has 152 valence electrons. The summed E-state index contributed by atoms with van der Waals surface area (Å²) in [6.45, 7) is 5.79. The standard InChI is InChI=1S/C25H30N2O2/c1-17-9-8-13-22(18(17)2)26-15-21-20-12-6-7-14-23(20)27(24(21)25(28)29)16-19-10-4-3-5-11-19/h3-7,10-12,14,17-18,22,26H,8-9,13,15-16H2,1-2H3,(H,28,29)/t17-,18+,22+/m1/s1. The first-order valence-electron chi connectivity index (χ1n) is 10.7. The summed E-state index contributed by atoms with van der Waals surface area (Å²) < 4.78 is 1.96. The van der Waals surface area contributed by atoms with Gasteiger partial charge in [0.25, 0.3) is 0 Å². The normalized spacial score (nSPS) is 22.1. The van der Waals surface area contributed by atoms with E-state index in [9.17, 15) is 9.90 Å². The van der Waals surface area contributed by atoms with E-state index in [4.69, 9.17) is 0 Å². The molecule has 0 saturated heterocycles. The smallest absolute Gasteiger partial charge is 0.352 e. The molecule has 1 fully saturated rings. The van der Waals surface area contributed by atoms with Crippen LogP contribution in [-0.4, -0.2) is 21.7 Å². The maximum absolute atomic E-state index is 12.3. The van der Waals surface area contributed by atoms with Gasteiger partial charge < -0.3 is 15.0 Å². The summed E-state index contributed by atoms with van der Waals surface area (Å²) in [7, 11) is 0. The van der Waals surface area contributed by atoms with Crippen molar-refractivity contribution in [2.45, 2.75) is 52.2 Å². The molecule has 29 heavy (non-hydrogen) atoms. The molecule has 1 saturated carbocycles. The van der Waals surface area contributed by atoms with Crippen LogP contribution in [0.2, 0.25) is 0 Å². The zero-order valence-electron chi connectivity index (χ0n) is 17.3. The molecule has 3 aromatic rings. The number of rotatable bonds is 6. The van der Waals surface area contributed by atoms with Crippen LogP contribution in [0.4, 0.5) is 0 Å². The molecule has 0 bridgehead atoms. The van der Waals surface area contributed by atoms with Crippen LogP contribution in [0, 0.1) is 11.8 Å². The highest BCUT2D eigenvalue weighted by molar-refractivity contribution is 5.98. The largest absolute Gasteiger partial charge is 0.477 e. The van der Waals surface area contributed by atoms with Gasteiger partial charge >= 0.3 is 5.97 Å². The van der Waals surface area contributed by atoms with Crippen LogP contribution in [0.1, 0.15) is 54.7 Å². The van der Waals surface area contributed by atoms with Gasteiger partial charge in [0.05, 0.1) is 0 Å². The molecule has 0 spiro atoms. The lowest BCUT2D eigenvalue weighted by atomic mass is 9.78. The maximum Gasteiger partial charge on any atom is 0.352 e. The Hall–Kier alpha value is -2.59. The third-order valence-electron chi connectivity index (χ3n) is 6.71. The fraction of sp³-hybridized carbons (Fsp3) is 0.400. The fourth-order valence-corrected chi connectivity index (χ4v) is 4.83. The van der Waals surface area contributed by atoms with Crippen molar-refractivity contribution in [2.24, 2.45) is 11.8 Å². The van der Waals surface area contributed by atoms with E-state index in [1.54, 1.807) is 0 Å². The second-order valence-electron chi connectivity index (χ2n) is 8.48. The van der Waals surface area contributed by atoms with E-state index in [2.05, 4.69) is 19.2 Å². The third kappa shape index (κ3) is 3.95. The SMILES string of the molecule is C[C@H]1[C@H](C)CCC[C@@H]1NCc1c(C(=O)O)n(Cc2ccccc2)c2ccccc12. The Morgan fingerprint density at radius 3 is 2.55 bits per heavy atom. The monoisotopic (exact) mass is 390 g/mol. The summed E-state index contributed by atoms with van der Waals surface area (Å²) in [5.41, 5.74) is 3.38. The molecular weight excluding hydrogens is 360 g/mol. The number of carboxylic acid groups (broad SMARTS) is 1. The zero-order valence-corrected chi connectivity index (χ0v) is 17.3. The van der Waals surface area contributed by atoms with E-state index in [0.717, 1.165) is 28.5 Å². The van der Waals surface area contributed by atoms with Crippen LogP contribution in [0.15, 0.2) is 54.6 Å². The van der Waals surface area contributed by atoms with Gasteiger partial charge in [-0.15, -0.1) is 0 Å². The molecule has 1 heterocycles. The fourth-order valence-electron chi connectivity index (χ4n) is 4.83. The average Bonchev–Trinajstić information content (AvgIpc) is 3.04. The summed E-state index contributed by atoms with van der Waals surface area (Å²) in [5, 5.41) is 14.8. The molecule has 4 nitrogen and oxygen atoms in total. The molecular formula is C25H30N2O2. The molecule has 0 unspecified atom stereocenters. The van der Waals surface area contributed by atoms with Gasteiger partial charge in [0.1, 0.15) is 5.69 Å². The van der Waals surface area contributed by atoms with Crippen molar-refractivity contribution in [2.75, 3.05) is 0 Å². The number of aromatic nitrogens is 1. The number of aromatic carboxylic acids is 1. The highest BCUT2D eigenvalue weighted by atomic mass is 16.4. The van der Waals surface area contributed by atoms with Crippen molar-refractivity contribution in [3.8, 4) is 0 Å². The Bertz CT molecular complexity index is 993. The summed E-state index contributed by atoms with van der Waals surface area (Å²) in [6, 6.07) is 18.6. The van der Waals surface area contributed by atoms with Gasteiger partial charge in [0, 0.05) is 35.6 Å². The van der Waals surface area contributed by atoms with Gasteiger partial charge in [0.2, 0.25) is 0 Å². The lowest BCUT2D eigenvalue weighted by Crippen LogP contribution is -2.40. The predicted octanol–water partition coefficient (Wildman–Crippen LogP) is 5.30. The number of nitrogens with zero attached hydrogens (tertiary/aromatic N) is 1. The number of carboxylic acids is 1. The molecule has 1 aromatic heterocycles. The minimum Gasteiger partial charge on any atom is -0.477 e. The van der Waals surface area contributed by atoms with Crippen molar-refractivity contribution in [1.29, 1.82) is 0 Å². The van der Waals surface area contributed by atoms with Gasteiger partial charge in [-0.05, 0) is 29.9 Å². The van der Waals surface area contributed by atoms with Gasteiger partial charge in [-0.3, -0.25) is 0 Å². The molecule has 3 atom stereocenters. The van der Waals surface area contributed by atoms with Crippen LogP contribution >= 0.6 is 0 Å². The number of nitrogens with one attached hydrogen (secondary N) is 1. The molecule has 0 amide bonds. The minimum atomic E-state index is -0.862. The molecule has 0 aliphatic heterocycles. The topological polar surface area (TPSA) is 54.3 Å². The number of hydrogen-bond acceptors (Lipinski definition) is 2. The minimum absolute atomic E-state index is 0.402. The quantitative estimate of drug-likeness (QED) is 0.600. The van der Waals surface area contributed by atoms with Crippen LogP contribution in [0.25, 0.3) is 10.9 Å². The Morgan fingerprint density at radius 2 is 1.79 bits per heavy atom. The zero-order chi connectivity index (χ0) is 20.4. The van der Waals surface area contributed by atoms with Crippen LogP contribution < -0.4 is 5.32 Å². The number of benzene rings is 2. The Morgan fingerprint density at radius 1 is 1.07 bits per heavy atom. The first kappa shape index (κ1) is 19.7. The Kier molecular flexibility index (Phi) is 5.72. The van der Waals surface area contributed by atoms with Crippen LogP contribution in [0.3, 0.4) is 0 Å². The second-order valence-corrected chi connectivity index (χ2v) is 8.48. The molecule has 1 aliphatic carbocycles. The summed E-state index contributed by atoms with van der Waals surface area (Å²) in [4.78, 5) is 12.3. The van der Waals surface area contributed by atoms with E-state index in [0.29, 0.717) is 36.7 Å². The van der Waals surface area contributed by atoms with Crippen LogP contribution in [0.5, 0.6) is 0 Å². The second kappa shape index (κ2) is 8.42. The van der Waals surface area contributed by atoms with E-state index in [1.807, 2.05) is 59.2 Å². The first-order valence-corrected chi connectivity index (χ1v) is 10.7. The molecule has 2 N–H and O–H groups in total. The van der Waals surface area contributed by atoms with Crippen molar-refractivity contribution >= 4 is 16.9 Å². The lowest BCUT2D eigenvalue weighted by molar-refractivity contribution is 0.0684. The average molecular weight is 391 g/mol. The third-order valence-corrected chi connectivity index (χ3v) is 6.71. The van der Waals surface area contributed by atoms with Gasteiger partial charge in [-0.2, -0.15) is 0 Å². The molecule has 2 aromatic carbocycles. The summed E-state index contributed by atoms with van der Waals surface area (Å²) in [6.07, 6.45) is 3.69. The van der Waals surface area contributed by atoms with Gasteiger partial charge in [-0.25, -0.2) is 4.79 Å². The Labute approximate surface area is 172 Å². The van der Waals surface area contributed by atoms with E-state index >= 15 is 0 Å². The predicted molar refractivity (Wildman–Crippen MR) is 117 cm³/mol.